The van der Waals surface area contributed by atoms with Gasteiger partial charge in [-0.25, -0.2) is 4.90 Å². The highest BCUT2D eigenvalue weighted by Crippen LogP contribution is 2.25. The van der Waals surface area contributed by atoms with E-state index in [4.69, 9.17) is 16.4 Å². The smallest absolute Gasteiger partial charge is 0.202 e. The van der Waals surface area contributed by atoms with Crippen LogP contribution in [0.25, 0.3) is 0 Å². The van der Waals surface area contributed by atoms with Gasteiger partial charge in [-0.05, 0) is 12.8 Å². The summed E-state index contributed by atoms with van der Waals surface area (Å²) in [6.45, 7) is 0. The van der Waals surface area contributed by atoms with Crippen LogP contribution in [-0.2, 0) is 0 Å². The number of nitrogens with zero attached hydrogens (tertiary/aromatic N) is 2. The minimum atomic E-state index is -0.139. The third kappa shape index (κ3) is 1.11. The monoisotopic (exact) mass is 124 g/mol. The first kappa shape index (κ1) is 5.89. The van der Waals surface area contributed by atoms with E-state index in [1.54, 1.807) is 0 Å². The zero-order chi connectivity index (χ0) is 6.85. The van der Waals surface area contributed by atoms with Crippen molar-refractivity contribution in [1.82, 2.24) is 4.90 Å². The lowest BCUT2D eigenvalue weighted by atomic mass is 10.6. The summed E-state index contributed by atoms with van der Waals surface area (Å²) in [5.74, 6) is -0.139. The number of hydrogen-bond donors (Lipinski definition) is 2. The van der Waals surface area contributed by atoms with Gasteiger partial charge in [0, 0.05) is 6.04 Å². The van der Waals surface area contributed by atoms with Crippen molar-refractivity contribution in [2.75, 3.05) is 0 Å². The standard InChI is InChI=1S/C5H8N4/c6-3-9(5(7)8)4-1-2-4/h4H,1-2H2,(H3,7,8). The van der Waals surface area contributed by atoms with Crippen molar-refractivity contribution in [3.63, 3.8) is 0 Å². The molecule has 1 aliphatic carbocycles. The van der Waals surface area contributed by atoms with E-state index in [9.17, 15) is 0 Å². The van der Waals surface area contributed by atoms with Crippen molar-refractivity contribution in [3.8, 4) is 6.19 Å². The van der Waals surface area contributed by atoms with E-state index in [0.29, 0.717) is 0 Å². The average Bonchev–Trinajstić information content (AvgIpc) is 2.50. The zero-order valence-electron chi connectivity index (χ0n) is 4.96. The third-order valence-electron chi connectivity index (χ3n) is 1.28. The molecule has 0 atom stereocenters. The minimum Gasteiger partial charge on any atom is -0.369 e. The maximum Gasteiger partial charge on any atom is 0.202 e. The van der Waals surface area contributed by atoms with Crippen LogP contribution in [-0.4, -0.2) is 16.9 Å². The van der Waals surface area contributed by atoms with E-state index < -0.39 is 0 Å². The second-order valence-corrected chi connectivity index (χ2v) is 2.09. The van der Waals surface area contributed by atoms with Gasteiger partial charge in [-0.1, -0.05) is 0 Å². The predicted molar refractivity (Wildman–Crippen MR) is 32.4 cm³/mol. The third-order valence-corrected chi connectivity index (χ3v) is 1.28. The fourth-order valence-electron chi connectivity index (χ4n) is 0.665. The predicted octanol–water partition coefficient (Wildman–Crippen LogP) is -0.175. The first-order valence-electron chi connectivity index (χ1n) is 2.78. The highest BCUT2D eigenvalue weighted by Gasteiger charge is 2.29. The van der Waals surface area contributed by atoms with Gasteiger partial charge in [0.2, 0.25) is 5.96 Å². The molecule has 1 fully saturated rings. The lowest BCUT2D eigenvalue weighted by Gasteiger charge is -2.09. The molecule has 0 aromatic rings. The van der Waals surface area contributed by atoms with Gasteiger partial charge in [0.25, 0.3) is 0 Å². The first-order valence-corrected chi connectivity index (χ1v) is 2.78. The molecule has 4 heteroatoms. The maximum atomic E-state index is 8.36. The van der Waals surface area contributed by atoms with Gasteiger partial charge < -0.3 is 5.73 Å². The quantitative estimate of drug-likeness (QED) is 0.220. The van der Waals surface area contributed by atoms with E-state index in [1.165, 1.54) is 4.90 Å². The van der Waals surface area contributed by atoms with Crippen molar-refractivity contribution < 1.29 is 0 Å². The molecule has 0 heterocycles. The summed E-state index contributed by atoms with van der Waals surface area (Å²) < 4.78 is 0. The molecule has 0 aromatic carbocycles. The van der Waals surface area contributed by atoms with Crippen LogP contribution in [0.1, 0.15) is 12.8 Å². The van der Waals surface area contributed by atoms with Crippen molar-refractivity contribution in [2.45, 2.75) is 18.9 Å². The Balaban J connectivity index is 2.50. The summed E-state index contributed by atoms with van der Waals surface area (Å²) in [7, 11) is 0. The molecule has 1 aliphatic rings. The number of guanidine groups is 1. The lowest BCUT2D eigenvalue weighted by molar-refractivity contribution is 0.555. The molecule has 0 amide bonds. The molecular weight excluding hydrogens is 116 g/mol. The largest absolute Gasteiger partial charge is 0.369 e. The van der Waals surface area contributed by atoms with Crippen molar-refractivity contribution >= 4 is 5.96 Å². The molecule has 0 radical (unpaired) electrons. The van der Waals surface area contributed by atoms with Gasteiger partial charge in [0.15, 0.2) is 6.19 Å². The van der Waals surface area contributed by atoms with Crippen LogP contribution in [0.15, 0.2) is 0 Å². The summed E-state index contributed by atoms with van der Waals surface area (Å²) in [4.78, 5) is 1.24. The molecule has 4 nitrogen and oxygen atoms in total. The summed E-state index contributed by atoms with van der Waals surface area (Å²) in [6, 6.07) is 0.229. The summed E-state index contributed by atoms with van der Waals surface area (Å²) in [5.41, 5.74) is 5.07. The number of hydrogen-bond acceptors (Lipinski definition) is 2. The molecular formula is C5H8N4. The highest BCUT2D eigenvalue weighted by molar-refractivity contribution is 5.76. The molecule has 1 rings (SSSR count). The second-order valence-electron chi connectivity index (χ2n) is 2.09. The van der Waals surface area contributed by atoms with Crippen LogP contribution in [0.3, 0.4) is 0 Å². The Morgan fingerprint density at radius 2 is 2.33 bits per heavy atom. The Morgan fingerprint density at radius 3 is 2.44 bits per heavy atom. The molecule has 0 spiro atoms. The number of nitriles is 1. The Kier molecular flexibility index (Phi) is 1.27. The van der Waals surface area contributed by atoms with Crippen molar-refractivity contribution in [1.29, 1.82) is 10.7 Å². The zero-order valence-corrected chi connectivity index (χ0v) is 4.96. The van der Waals surface area contributed by atoms with E-state index in [0.717, 1.165) is 12.8 Å². The number of nitrogens with two attached hydrogens (primary N) is 1. The minimum absolute atomic E-state index is 0.139. The van der Waals surface area contributed by atoms with Gasteiger partial charge >= 0.3 is 0 Å². The van der Waals surface area contributed by atoms with Crippen LogP contribution in [0.2, 0.25) is 0 Å². The fourth-order valence-corrected chi connectivity index (χ4v) is 0.665. The molecule has 0 bridgehead atoms. The van der Waals surface area contributed by atoms with Crippen LogP contribution >= 0.6 is 0 Å². The van der Waals surface area contributed by atoms with Crippen LogP contribution in [0.4, 0.5) is 0 Å². The Bertz CT molecular complexity index is 164. The van der Waals surface area contributed by atoms with Gasteiger partial charge in [-0.2, -0.15) is 5.26 Å². The van der Waals surface area contributed by atoms with Crippen molar-refractivity contribution in [2.24, 2.45) is 5.73 Å². The molecule has 0 saturated heterocycles. The van der Waals surface area contributed by atoms with Gasteiger partial charge in [-0.3, -0.25) is 5.41 Å². The van der Waals surface area contributed by atoms with Crippen molar-refractivity contribution in [3.05, 3.63) is 0 Å². The van der Waals surface area contributed by atoms with Crippen LogP contribution < -0.4 is 5.73 Å². The summed E-state index contributed by atoms with van der Waals surface area (Å²) in [6.07, 6.45) is 3.83. The van der Waals surface area contributed by atoms with Gasteiger partial charge in [0.1, 0.15) is 0 Å². The Morgan fingerprint density at radius 1 is 1.78 bits per heavy atom. The summed E-state index contributed by atoms with van der Waals surface area (Å²) >= 11 is 0. The molecule has 9 heavy (non-hydrogen) atoms. The summed E-state index contributed by atoms with van der Waals surface area (Å²) in [5, 5.41) is 15.3. The molecule has 0 unspecified atom stereocenters. The fraction of sp³-hybridized carbons (Fsp3) is 0.600. The van der Waals surface area contributed by atoms with Gasteiger partial charge in [0.05, 0.1) is 0 Å². The molecule has 0 aromatic heterocycles. The first-order chi connectivity index (χ1) is 4.25. The normalized spacial score (nSPS) is 16.3. The Labute approximate surface area is 53.4 Å². The average molecular weight is 124 g/mol. The highest BCUT2D eigenvalue weighted by atomic mass is 15.3. The van der Waals surface area contributed by atoms with E-state index in [1.807, 2.05) is 6.19 Å². The second kappa shape index (κ2) is 1.94. The van der Waals surface area contributed by atoms with Gasteiger partial charge in [-0.15, -0.1) is 0 Å². The molecule has 48 valence electrons. The SMILES string of the molecule is N#CN(C(=N)N)C1CC1. The lowest BCUT2D eigenvalue weighted by Crippen LogP contribution is -2.33. The van der Waals surface area contributed by atoms with E-state index >= 15 is 0 Å². The molecule has 3 N–H and O–H groups in total. The number of rotatable bonds is 1. The maximum absolute atomic E-state index is 8.36. The van der Waals surface area contributed by atoms with Crippen LogP contribution in [0.5, 0.6) is 0 Å². The van der Waals surface area contributed by atoms with E-state index in [2.05, 4.69) is 0 Å². The number of nitrogens with one attached hydrogen (secondary N) is 1. The van der Waals surface area contributed by atoms with Crippen LogP contribution in [0, 0.1) is 16.9 Å². The van der Waals surface area contributed by atoms with E-state index in [-0.39, 0.29) is 12.0 Å². The molecule has 0 aliphatic heterocycles. The Hall–Kier alpha value is -1.24. The molecule has 1 saturated carbocycles. The topological polar surface area (TPSA) is 76.9 Å².